The summed E-state index contributed by atoms with van der Waals surface area (Å²) >= 11 is 0. The van der Waals surface area contributed by atoms with Crippen molar-refractivity contribution < 1.29 is 0 Å². The van der Waals surface area contributed by atoms with Crippen LogP contribution in [0.25, 0.3) is 0 Å². The molecule has 1 aromatic rings. The van der Waals surface area contributed by atoms with Crippen LogP contribution in [0.1, 0.15) is 25.5 Å². The van der Waals surface area contributed by atoms with Crippen LogP contribution in [0, 0.1) is 5.92 Å². The van der Waals surface area contributed by atoms with Crippen LogP contribution in [-0.4, -0.2) is 32.1 Å². The van der Waals surface area contributed by atoms with Crippen molar-refractivity contribution in [2.24, 2.45) is 5.92 Å². The van der Waals surface area contributed by atoms with Crippen molar-refractivity contribution in [2.75, 3.05) is 27.2 Å². The van der Waals surface area contributed by atoms with Crippen molar-refractivity contribution in [3.8, 4) is 0 Å². The van der Waals surface area contributed by atoms with Gasteiger partial charge in [-0.05, 0) is 25.6 Å². The van der Waals surface area contributed by atoms with E-state index in [1.54, 1.807) is 0 Å². The number of nitrogens with one attached hydrogen (secondary N) is 1. The summed E-state index contributed by atoms with van der Waals surface area (Å²) in [5, 5.41) is 3.38. The van der Waals surface area contributed by atoms with Gasteiger partial charge in [0.25, 0.3) is 0 Å². The van der Waals surface area contributed by atoms with E-state index in [9.17, 15) is 0 Å². The van der Waals surface area contributed by atoms with Gasteiger partial charge in [-0.3, -0.25) is 0 Å². The summed E-state index contributed by atoms with van der Waals surface area (Å²) in [6, 6.07) is 11.1. The van der Waals surface area contributed by atoms with Crippen molar-refractivity contribution in [3.63, 3.8) is 0 Å². The maximum Gasteiger partial charge on any atom is 0.0446 e. The van der Waals surface area contributed by atoms with Crippen molar-refractivity contribution in [1.82, 2.24) is 10.2 Å². The van der Waals surface area contributed by atoms with Gasteiger partial charge in [-0.2, -0.15) is 0 Å². The van der Waals surface area contributed by atoms with E-state index in [1.165, 1.54) is 5.56 Å². The predicted molar refractivity (Wildman–Crippen MR) is 70.6 cm³/mol. The lowest BCUT2D eigenvalue weighted by atomic mass is 10.1. The summed E-state index contributed by atoms with van der Waals surface area (Å²) in [6.07, 6.45) is 0. The lowest BCUT2D eigenvalue weighted by Gasteiger charge is -2.25. The summed E-state index contributed by atoms with van der Waals surface area (Å²) in [6.45, 7) is 6.71. The molecule has 1 N–H and O–H groups in total. The molecule has 16 heavy (non-hydrogen) atoms. The molecule has 1 atom stereocenters. The Morgan fingerprint density at radius 3 is 2.25 bits per heavy atom. The zero-order valence-corrected chi connectivity index (χ0v) is 10.9. The minimum absolute atomic E-state index is 0.421. The Labute approximate surface area is 99.7 Å². The van der Waals surface area contributed by atoms with Gasteiger partial charge in [-0.15, -0.1) is 0 Å². The van der Waals surface area contributed by atoms with E-state index in [2.05, 4.69) is 61.4 Å². The molecule has 0 aromatic heterocycles. The van der Waals surface area contributed by atoms with E-state index in [1.807, 2.05) is 7.05 Å². The molecule has 0 radical (unpaired) electrons. The summed E-state index contributed by atoms with van der Waals surface area (Å²) in [7, 11) is 4.22. The number of hydrogen-bond donors (Lipinski definition) is 1. The SMILES string of the molecule is CNC(CN(C)CC(C)C)c1ccccc1. The van der Waals surface area contributed by atoms with E-state index in [-0.39, 0.29) is 0 Å². The van der Waals surface area contributed by atoms with Crippen molar-refractivity contribution in [3.05, 3.63) is 35.9 Å². The molecule has 0 heterocycles. The van der Waals surface area contributed by atoms with E-state index in [0.717, 1.165) is 19.0 Å². The number of nitrogens with zero attached hydrogens (tertiary/aromatic N) is 1. The van der Waals surface area contributed by atoms with E-state index >= 15 is 0 Å². The second-order valence-electron chi connectivity index (χ2n) is 4.87. The molecule has 0 bridgehead atoms. The maximum atomic E-state index is 3.38. The molecular weight excluding hydrogens is 196 g/mol. The first kappa shape index (κ1) is 13.2. The van der Waals surface area contributed by atoms with Crippen LogP contribution < -0.4 is 5.32 Å². The highest BCUT2D eigenvalue weighted by molar-refractivity contribution is 5.19. The molecular formula is C14H24N2. The Kier molecular flexibility index (Phi) is 5.50. The Morgan fingerprint density at radius 1 is 1.12 bits per heavy atom. The minimum atomic E-state index is 0.421. The van der Waals surface area contributed by atoms with Crippen molar-refractivity contribution in [1.29, 1.82) is 0 Å². The first-order valence-electron chi connectivity index (χ1n) is 6.04. The van der Waals surface area contributed by atoms with E-state index in [0.29, 0.717) is 6.04 Å². The van der Waals surface area contributed by atoms with Gasteiger partial charge in [0.1, 0.15) is 0 Å². The summed E-state index contributed by atoms with van der Waals surface area (Å²) in [5.74, 6) is 0.721. The molecule has 90 valence electrons. The Balaban J connectivity index is 2.56. The summed E-state index contributed by atoms with van der Waals surface area (Å²) in [4.78, 5) is 2.39. The zero-order chi connectivity index (χ0) is 12.0. The summed E-state index contributed by atoms with van der Waals surface area (Å²) in [5.41, 5.74) is 1.36. The highest BCUT2D eigenvalue weighted by atomic mass is 15.1. The van der Waals surface area contributed by atoms with Crippen LogP contribution in [0.15, 0.2) is 30.3 Å². The Hall–Kier alpha value is -0.860. The smallest absolute Gasteiger partial charge is 0.0446 e. The molecule has 2 heteroatoms. The monoisotopic (exact) mass is 220 g/mol. The number of hydrogen-bond acceptors (Lipinski definition) is 2. The minimum Gasteiger partial charge on any atom is -0.312 e. The van der Waals surface area contributed by atoms with Gasteiger partial charge < -0.3 is 10.2 Å². The molecule has 0 aliphatic heterocycles. The fraction of sp³-hybridized carbons (Fsp3) is 0.571. The lowest BCUT2D eigenvalue weighted by molar-refractivity contribution is 0.267. The van der Waals surface area contributed by atoms with Crippen molar-refractivity contribution >= 4 is 0 Å². The fourth-order valence-corrected chi connectivity index (χ4v) is 2.06. The standard InChI is InChI=1S/C14H24N2/c1-12(2)10-16(4)11-14(15-3)13-8-6-5-7-9-13/h5-9,12,14-15H,10-11H2,1-4H3. The second kappa shape index (κ2) is 6.66. The second-order valence-corrected chi connectivity index (χ2v) is 4.87. The van der Waals surface area contributed by atoms with E-state index < -0.39 is 0 Å². The first-order valence-corrected chi connectivity index (χ1v) is 6.04. The van der Waals surface area contributed by atoms with Crippen LogP contribution in [0.4, 0.5) is 0 Å². The predicted octanol–water partition coefficient (Wildman–Crippen LogP) is 2.53. The quantitative estimate of drug-likeness (QED) is 0.792. The number of benzene rings is 1. The Morgan fingerprint density at radius 2 is 1.75 bits per heavy atom. The Bertz CT molecular complexity index is 282. The molecule has 0 saturated heterocycles. The average Bonchev–Trinajstić information content (AvgIpc) is 2.26. The molecule has 1 aromatic carbocycles. The van der Waals surface area contributed by atoms with E-state index in [4.69, 9.17) is 0 Å². The van der Waals surface area contributed by atoms with Gasteiger partial charge in [-0.1, -0.05) is 44.2 Å². The highest BCUT2D eigenvalue weighted by Gasteiger charge is 2.11. The van der Waals surface area contributed by atoms with Gasteiger partial charge >= 0.3 is 0 Å². The van der Waals surface area contributed by atoms with Crippen LogP contribution in [0.5, 0.6) is 0 Å². The van der Waals surface area contributed by atoms with Crippen molar-refractivity contribution in [2.45, 2.75) is 19.9 Å². The van der Waals surface area contributed by atoms with Gasteiger partial charge in [0.15, 0.2) is 0 Å². The topological polar surface area (TPSA) is 15.3 Å². The molecule has 0 aliphatic carbocycles. The highest BCUT2D eigenvalue weighted by Crippen LogP contribution is 2.13. The number of likely N-dealkylation sites (N-methyl/N-ethyl adjacent to an activating group) is 2. The third kappa shape index (κ3) is 4.33. The molecule has 0 aliphatic rings. The van der Waals surface area contributed by atoms with Crippen LogP contribution in [-0.2, 0) is 0 Å². The zero-order valence-electron chi connectivity index (χ0n) is 10.9. The van der Waals surface area contributed by atoms with Gasteiger partial charge in [0.2, 0.25) is 0 Å². The third-order valence-electron chi connectivity index (χ3n) is 2.72. The first-order chi connectivity index (χ1) is 7.63. The van der Waals surface area contributed by atoms with Gasteiger partial charge in [0, 0.05) is 19.1 Å². The molecule has 1 unspecified atom stereocenters. The number of rotatable bonds is 6. The lowest BCUT2D eigenvalue weighted by Crippen LogP contribution is -2.33. The molecule has 0 amide bonds. The van der Waals surface area contributed by atoms with Gasteiger partial charge in [0.05, 0.1) is 0 Å². The maximum absolute atomic E-state index is 3.38. The largest absolute Gasteiger partial charge is 0.312 e. The average molecular weight is 220 g/mol. The van der Waals surface area contributed by atoms with Gasteiger partial charge in [-0.25, -0.2) is 0 Å². The normalized spacial score (nSPS) is 13.4. The van der Waals surface area contributed by atoms with Crippen LogP contribution >= 0.6 is 0 Å². The van der Waals surface area contributed by atoms with Crippen LogP contribution in [0.3, 0.4) is 0 Å². The molecule has 1 rings (SSSR count). The molecule has 0 saturated carbocycles. The fourth-order valence-electron chi connectivity index (χ4n) is 2.06. The molecule has 0 spiro atoms. The third-order valence-corrected chi connectivity index (χ3v) is 2.72. The molecule has 0 fully saturated rings. The van der Waals surface area contributed by atoms with Crippen LogP contribution in [0.2, 0.25) is 0 Å². The summed E-state index contributed by atoms with van der Waals surface area (Å²) < 4.78 is 0. The molecule has 2 nitrogen and oxygen atoms in total.